The van der Waals surface area contributed by atoms with Crippen LogP contribution in [0.4, 0.5) is 0 Å². The Morgan fingerprint density at radius 3 is 2.78 bits per heavy atom. The molecule has 0 bridgehead atoms. The number of thiophene rings is 1. The smallest absolute Gasteiger partial charge is 0.231 e. The van der Waals surface area contributed by atoms with Gasteiger partial charge in [-0.3, -0.25) is 4.79 Å². The molecule has 1 fully saturated rings. The molecule has 1 heterocycles. The van der Waals surface area contributed by atoms with Gasteiger partial charge in [-0.25, -0.2) is 0 Å². The first-order valence-corrected chi connectivity index (χ1v) is 7.62. The van der Waals surface area contributed by atoms with Crippen molar-refractivity contribution >= 4 is 17.2 Å². The van der Waals surface area contributed by atoms with Gasteiger partial charge < -0.3 is 11.1 Å². The summed E-state index contributed by atoms with van der Waals surface area (Å²) in [5.74, 6) is 0.169. The molecule has 0 aromatic carbocycles. The molecule has 1 aliphatic carbocycles. The summed E-state index contributed by atoms with van der Waals surface area (Å²) in [6, 6.07) is 4.19. The molecule has 1 aromatic heterocycles. The fourth-order valence-corrected chi connectivity index (χ4v) is 3.70. The van der Waals surface area contributed by atoms with E-state index in [4.69, 9.17) is 5.73 Å². The van der Waals surface area contributed by atoms with Crippen molar-refractivity contribution in [1.82, 2.24) is 5.32 Å². The van der Waals surface area contributed by atoms with Crippen LogP contribution < -0.4 is 11.1 Å². The van der Waals surface area contributed by atoms with Gasteiger partial charge in [0.05, 0.1) is 5.41 Å². The van der Waals surface area contributed by atoms with Crippen LogP contribution in [0.15, 0.2) is 17.5 Å². The Morgan fingerprint density at radius 1 is 1.50 bits per heavy atom. The van der Waals surface area contributed by atoms with Gasteiger partial charge in [-0.05, 0) is 31.2 Å². The van der Waals surface area contributed by atoms with E-state index in [9.17, 15) is 4.79 Å². The molecule has 2 rings (SSSR count). The van der Waals surface area contributed by atoms with Crippen LogP contribution >= 0.6 is 11.3 Å². The minimum Gasteiger partial charge on any atom is -0.352 e. The molecule has 3 nitrogen and oxygen atoms in total. The van der Waals surface area contributed by atoms with Crippen molar-refractivity contribution in [3.8, 4) is 0 Å². The maximum Gasteiger partial charge on any atom is 0.231 e. The van der Waals surface area contributed by atoms with Crippen LogP contribution in [0.2, 0.25) is 0 Å². The highest BCUT2D eigenvalue weighted by Crippen LogP contribution is 2.41. The number of carbonyl (C=O) groups is 1. The molecular formula is C14H22N2OS. The van der Waals surface area contributed by atoms with Gasteiger partial charge >= 0.3 is 0 Å². The lowest BCUT2D eigenvalue weighted by Gasteiger charge is -2.36. The molecule has 4 heteroatoms. The van der Waals surface area contributed by atoms with Crippen LogP contribution in [0.3, 0.4) is 0 Å². The zero-order valence-corrected chi connectivity index (χ0v) is 11.8. The molecule has 0 saturated heterocycles. The van der Waals surface area contributed by atoms with Crippen molar-refractivity contribution in [2.45, 2.75) is 50.5 Å². The molecule has 0 spiro atoms. The SMILES string of the molecule is C[C@@H](CN)NC(=O)C1(c2cccs2)CCCCC1. The number of hydrogen-bond acceptors (Lipinski definition) is 3. The first-order valence-electron chi connectivity index (χ1n) is 6.74. The number of rotatable bonds is 4. The molecule has 0 aliphatic heterocycles. The van der Waals surface area contributed by atoms with Crippen molar-refractivity contribution in [3.63, 3.8) is 0 Å². The lowest BCUT2D eigenvalue weighted by molar-refractivity contribution is -0.128. The van der Waals surface area contributed by atoms with Crippen LogP contribution in [-0.4, -0.2) is 18.5 Å². The van der Waals surface area contributed by atoms with E-state index >= 15 is 0 Å². The summed E-state index contributed by atoms with van der Waals surface area (Å²) in [6.45, 7) is 2.45. The lowest BCUT2D eigenvalue weighted by atomic mass is 9.72. The van der Waals surface area contributed by atoms with Gasteiger partial charge in [0.15, 0.2) is 0 Å². The Kier molecular flexibility index (Phi) is 4.40. The van der Waals surface area contributed by atoms with Crippen molar-refractivity contribution in [2.24, 2.45) is 5.73 Å². The molecule has 18 heavy (non-hydrogen) atoms. The fourth-order valence-electron chi connectivity index (χ4n) is 2.71. The predicted octanol–water partition coefficient (Wildman–Crippen LogP) is 2.41. The van der Waals surface area contributed by atoms with Crippen LogP contribution in [0, 0.1) is 0 Å². The van der Waals surface area contributed by atoms with Crippen molar-refractivity contribution in [3.05, 3.63) is 22.4 Å². The zero-order chi connectivity index (χ0) is 13.0. The topological polar surface area (TPSA) is 55.1 Å². The Bertz CT molecular complexity index is 383. The summed E-state index contributed by atoms with van der Waals surface area (Å²) in [6.07, 6.45) is 5.46. The average Bonchev–Trinajstić information content (AvgIpc) is 2.93. The van der Waals surface area contributed by atoms with Gasteiger partial charge in [0.1, 0.15) is 0 Å². The fraction of sp³-hybridized carbons (Fsp3) is 0.643. The summed E-state index contributed by atoms with van der Waals surface area (Å²) in [4.78, 5) is 13.8. The zero-order valence-electron chi connectivity index (χ0n) is 10.9. The number of hydrogen-bond donors (Lipinski definition) is 2. The standard InChI is InChI=1S/C14H22N2OS/c1-11(10-15)16-13(17)14(7-3-2-4-8-14)12-6-5-9-18-12/h5-6,9,11H,2-4,7-8,10,15H2,1H3,(H,16,17)/t11-/m0/s1. The molecule has 1 amide bonds. The van der Waals surface area contributed by atoms with Crippen LogP contribution in [-0.2, 0) is 10.2 Å². The second kappa shape index (κ2) is 5.85. The molecule has 0 radical (unpaired) electrons. The van der Waals surface area contributed by atoms with Gasteiger partial charge in [-0.1, -0.05) is 25.3 Å². The molecule has 0 unspecified atom stereocenters. The first-order chi connectivity index (χ1) is 8.69. The van der Waals surface area contributed by atoms with Crippen molar-refractivity contribution in [2.75, 3.05) is 6.54 Å². The third-order valence-electron chi connectivity index (χ3n) is 3.87. The van der Waals surface area contributed by atoms with Crippen molar-refractivity contribution < 1.29 is 4.79 Å². The number of amides is 1. The Labute approximate surface area is 113 Å². The summed E-state index contributed by atoms with van der Waals surface area (Å²) >= 11 is 1.70. The lowest BCUT2D eigenvalue weighted by Crippen LogP contribution is -2.49. The third kappa shape index (κ3) is 2.59. The monoisotopic (exact) mass is 266 g/mol. The van der Waals surface area contributed by atoms with Gasteiger partial charge in [0, 0.05) is 17.5 Å². The normalized spacial score (nSPS) is 20.3. The molecule has 1 aromatic rings. The van der Waals surface area contributed by atoms with Gasteiger partial charge in [-0.2, -0.15) is 0 Å². The summed E-state index contributed by atoms with van der Waals surface area (Å²) < 4.78 is 0. The highest BCUT2D eigenvalue weighted by Gasteiger charge is 2.42. The molecule has 3 N–H and O–H groups in total. The summed E-state index contributed by atoms with van der Waals surface area (Å²) in [5, 5.41) is 5.13. The minimum atomic E-state index is -0.296. The summed E-state index contributed by atoms with van der Waals surface area (Å²) in [5.41, 5.74) is 5.30. The van der Waals surface area contributed by atoms with Gasteiger partial charge in [0.25, 0.3) is 0 Å². The first kappa shape index (κ1) is 13.6. The quantitative estimate of drug-likeness (QED) is 0.879. The Balaban J connectivity index is 2.22. The number of nitrogens with two attached hydrogens (primary N) is 1. The highest BCUT2D eigenvalue weighted by atomic mass is 32.1. The highest BCUT2D eigenvalue weighted by molar-refractivity contribution is 7.10. The van der Waals surface area contributed by atoms with Crippen LogP contribution in [0.1, 0.15) is 43.9 Å². The van der Waals surface area contributed by atoms with Crippen molar-refractivity contribution in [1.29, 1.82) is 0 Å². The number of nitrogens with one attached hydrogen (secondary N) is 1. The van der Waals surface area contributed by atoms with Gasteiger partial charge in [-0.15, -0.1) is 11.3 Å². The second-order valence-electron chi connectivity index (χ2n) is 5.23. The van der Waals surface area contributed by atoms with Gasteiger partial charge in [0.2, 0.25) is 5.91 Å². The molecular weight excluding hydrogens is 244 g/mol. The Morgan fingerprint density at radius 2 is 2.22 bits per heavy atom. The second-order valence-corrected chi connectivity index (χ2v) is 6.18. The van der Waals surface area contributed by atoms with E-state index < -0.39 is 0 Å². The van der Waals surface area contributed by atoms with E-state index in [1.807, 2.05) is 13.0 Å². The minimum absolute atomic E-state index is 0.0521. The third-order valence-corrected chi connectivity index (χ3v) is 4.94. The van der Waals surface area contributed by atoms with E-state index in [0.717, 1.165) is 25.7 Å². The number of carbonyl (C=O) groups excluding carboxylic acids is 1. The molecule has 100 valence electrons. The molecule has 1 atom stereocenters. The van der Waals surface area contributed by atoms with E-state index in [0.29, 0.717) is 6.54 Å². The maximum absolute atomic E-state index is 12.6. The van der Waals surface area contributed by atoms with E-state index in [2.05, 4.69) is 16.8 Å². The van der Waals surface area contributed by atoms with E-state index in [1.165, 1.54) is 11.3 Å². The summed E-state index contributed by atoms with van der Waals surface area (Å²) in [7, 11) is 0. The molecule has 1 aliphatic rings. The molecule has 1 saturated carbocycles. The van der Waals surface area contributed by atoms with Crippen LogP contribution in [0.5, 0.6) is 0 Å². The largest absolute Gasteiger partial charge is 0.352 e. The van der Waals surface area contributed by atoms with E-state index in [-0.39, 0.29) is 17.4 Å². The van der Waals surface area contributed by atoms with E-state index in [1.54, 1.807) is 11.3 Å². The predicted molar refractivity (Wildman–Crippen MR) is 75.7 cm³/mol. The maximum atomic E-state index is 12.6. The Hall–Kier alpha value is -0.870. The average molecular weight is 266 g/mol. The van der Waals surface area contributed by atoms with Crippen LogP contribution in [0.25, 0.3) is 0 Å².